The molecule has 1 aromatic carbocycles. The third-order valence-corrected chi connectivity index (χ3v) is 2.21. The molecule has 0 saturated carbocycles. The van der Waals surface area contributed by atoms with Crippen molar-refractivity contribution in [3.63, 3.8) is 0 Å². The normalized spacial score (nSPS) is 20.2. The number of rotatable bonds is 2. The lowest BCUT2D eigenvalue weighted by Crippen LogP contribution is -2.13. The van der Waals surface area contributed by atoms with Gasteiger partial charge in [-0.05, 0) is 11.6 Å². The third-order valence-electron chi connectivity index (χ3n) is 2.21. The van der Waals surface area contributed by atoms with E-state index in [1.165, 1.54) is 12.1 Å². The molecule has 0 fully saturated rings. The number of aliphatic imine (C=N–C) groups is 1. The van der Waals surface area contributed by atoms with Crippen LogP contribution in [0.3, 0.4) is 0 Å². The first kappa shape index (κ1) is 9.89. The molecule has 0 aromatic heterocycles. The van der Waals surface area contributed by atoms with Crippen LogP contribution in [0, 0.1) is 0 Å². The molecule has 1 atom stereocenters. The summed E-state index contributed by atoms with van der Waals surface area (Å²) in [6.45, 7) is 0.387. The molecular weight excluding hydrogens is 202 g/mol. The fourth-order valence-corrected chi connectivity index (χ4v) is 1.46. The van der Waals surface area contributed by atoms with Gasteiger partial charge in [-0.15, -0.1) is 0 Å². The highest BCUT2D eigenvalue weighted by Crippen LogP contribution is 2.26. The first-order valence-electron chi connectivity index (χ1n) is 4.51. The Balaban J connectivity index is 2.19. The van der Waals surface area contributed by atoms with Crippen LogP contribution in [-0.2, 0) is 4.74 Å². The van der Waals surface area contributed by atoms with Crippen LogP contribution >= 0.6 is 0 Å². The number of hydrogen-bond acceptors (Lipinski definition) is 3. The van der Waals surface area contributed by atoms with E-state index in [1.54, 1.807) is 12.1 Å². The molecule has 1 aliphatic heterocycles. The van der Waals surface area contributed by atoms with Crippen molar-refractivity contribution in [3.05, 3.63) is 35.4 Å². The highest BCUT2D eigenvalue weighted by molar-refractivity contribution is 5.73. The maximum atomic E-state index is 12.4. The summed E-state index contributed by atoms with van der Waals surface area (Å²) in [5, 5.41) is 0. The van der Waals surface area contributed by atoms with Gasteiger partial charge in [0.1, 0.15) is 6.10 Å². The Labute approximate surface area is 85.6 Å². The smallest absolute Gasteiger partial charge is 0.282 e. The van der Waals surface area contributed by atoms with E-state index in [0.717, 1.165) is 0 Å². The molecule has 0 spiro atoms. The summed E-state index contributed by atoms with van der Waals surface area (Å²) in [5.41, 5.74) is 6.01. The molecule has 15 heavy (non-hydrogen) atoms. The van der Waals surface area contributed by atoms with Crippen LogP contribution in [0.5, 0.6) is 0 Å². The molecule has 1 aliphatic rings. The van der Waals surface area contributed by atoms with Gasteiger partial charge in [-0.1, -0.05) is 18.2 Å². The van der Waals surface area contributed by atoms with Crippen LogP contribution in [0.1, 0.15) is 23.7 Å². The van der Waals surface area contributed by atoms with E-state index in [0.29, 0.717) is 12.1 Å². The molecule has 1 aromatic rings. The fourth-order valence-electron chi connectivity index (χ4n) is 1.46. The lowest BCUT2D eigenvalue weighted by atomic mass is 10.1. The molecule has 1 heterocycles. The number of alkyl halides is 2. The van der Waals surface area contributed by atoms with E-state index in [1.807, 2.05) is 0 Å². The topological polar surface area (TPSA) is 47.6 Å². The maximum absolute atomic E-state index is 12.4. The average molecular weight is 212 g/mol. The largest absolute Gasteiger partial charge is 0.455 e. The molecule has 2 N–H and O–H groups in total. The Kier molecular flexibility index (Phi) is 2.53. The summed E-state index contributed by atoms with van der Waals surface area (Å²) in [7, 11) is 0. The van der Waals surface area contributed by atoms with Crippen molar-refractivity contribution in [2.45, 2.75) is 12.5 Å². The number of nitrogens with zero attached hydrogens (tertiary/aromatic N) is 1. The Hall–Kier alpha value is -1.65. The number of amidine groups is 1. The molecule has 0 bridgehead atoms. The monoisotopic (exact) mass is 212 g/mol. The van der Waals surface area contributed by atoms with Gasteiger partial charge in [-0.25, -0.2) is 13.8 Å². The van der Waals surface area contributed by atoms with Crippen molar-refractivity contribution in [1.29, 1.82) is 0 Å². The number of hydrogen-bond donors (Lipinski definition) is 1. The van der Waals surface area contributed by atoms with Gasteiger partial charge in [0.05, 0.1) is 6.54 Å². The number of benzene rings is 1. The summed E-state index contributed by atoms with van der Waals surface area (Å²) < 4.78 is 30.0. The fraction of sp³-hybridized carbons (Fsp3) is 0.300. The van der Waals surface area contributed by atoms with Gasteiger partial charge in [-0.2, -0.15) is 0 Å². The standard InChI is InChI=1S/C10H10F2N2O/c11-9(12)7-3-1-2-6(4-7)8-5-14-10(13)15-8/h1-4,8-9H,5H2,(H2,13,14). The van der Waals surface area contributed by atoms with E-state index < -0.39 is 6.43 Å². The molecule has 5 heteroatoms. The van der Waals surface area contributed by atoms with Crippen molar-refractivity contribution in [2.24, 2.45) is 10.7 Å². The number of nitrogens with two attached hydrogens (primary N) is 1. The molecule has 1 unspecified atom stereocenters. The van der Waals surface area contributed by atoms with Crippen molar-refractivity contribution in [3.8, 4) is 0 Å². The zero-order valence-electron chi connectivity index (χ0n) is 7.86. The molecule has 0 aliphatic carbocycles. The van der Waals surface area contributed by atoms with Gasteiger partial charge in [0.2, 0.25) is 0 Å². The van der Waals surface area contributed by atoms with Gasteiger partial charge in [0, 0.05) is 5.56 Å². The molecule has 3 nitrogen and oxygen atoms in total. The molecule has 0 saturated heterocycles. The zero-order chi connectivity index (χ0) is 10.8. The molecule has 2 rings (SSSR count). The van der Waals surface area contributed by atoms with E-state index in [4.69, 9.17) is 10.5 Å². The Bertz CT molecular complexity index is 393. The minimum Gasteiger partial charge on any atom is -0.455 e. The van der Waals surface area contributed by atoms with Crippen LogP contribution in [0.4, 0.5) is 8.78 Å². The lowest BCUT2D eigenvalue weighted by molar-refractivity contribution is 0.150. The average Bonchev–Trinajstić information content (AvgIpc) is 2.65. The van der Waals surface area contributed by atoms with Crippen molar-refractivity contribution < 1.29 is 13.5 Å². The summed E-state index contributed by atoms with van der Waals surface area (Å²) in [6, 6.07) is 6.22. The first-order valence-corrected chi connectivity index (χ1v) is 4.51. The van der Waals surface area contributed by atoms with Gasteiger partial charge >= 0.3 is 0 Å². The van der Waals surface area contributed by atoms with E-state index in [2.05, 4.69) is 4.99 Å². The van der Waals surface area contributed by atoms with Crippen LogP contribution in [-0.4, -0.2) is 12.6 Å². The van der Waals surface area contributed by atoms with Crippen molar-refractivity contribution >= 4 is 6.02 Å². The lowest BCUT2D eigenvalue weighted by Gasteiger charge is -2.11. The van der Waals surface area contributed by atoms with Gasteiger partial charge in [0.15, 0.2) is 0 Å². The molecular formula is C10H10F2N2O. The predicted molar refractivity (Wildman–Crippen MR) is 51.7 cm³/mol. The predicted octanol–water partition coefficient (Wildman–Crippen LogP) is 2.01. The summed E-state index contributed by atoms with van der Waals surface area (Å²) in [4.78, 5) is 3.85. The van der Waals surface area contributed by atoms with Crippen LogP contribution < -0.4 is 5.73 Å². The highest BCUT2D eigenvalue weighted by Gasteiger charge is 2.20. The maximum Gasteiger partial charge on any atom is 0.282 e. The summed E-state index contributed by atoms with van der Waals surface area (Å²) >= 11 is 0. The number of ether oxygens (including phenoxy) is 1. The van der Waals surface area contributed by atoms with Gasteiger partial charge < -0.3 is 10.5 Å². The second kappa shape index (κ2) is 3.84. The van der Waals surface area contributed by atoms with Crippen LogP contribution in [0.2, 0.25) is 0 Å². The molecule has 0 amide bonds. The minimum absolute atomic E-state index is 0.0124. The summed E-state index contributed by atoms with van der Waals surface area (Å²) in [5.74, 6) is 0. The Morgan fingerprint density at radius 2 is 2.27 bits per heavy atom. The van der Waals surface area contributed by atoms with Gasteiger partial charge in [0.25, 0.3) is 12.4 Å². The minimum atomic E-state index is -2.47. The second-order valence-electron chi connectivity index (χ2n) is 3.26. The quantitative estimate of drug-likeness (QED) is 0.815. The van der Waals surface area contributed by atoms with E-state index >= 15 is 0 Å². The SMILES string of the molecule is NC1=NCC(c2cccc(C(F)F)c2)O1. The summed E-state index contributed by atoms with van der Waals surface area (Å²) in [6.07, 6.45) is -2.80. The zero-order valence-corrected chi connectivity index (χ0v) is 7.86. The second-order valence-corrected chi connectivity index (χ2v) is 3.26. The number of halogens is 2. The van der Waals surface area contributed by atoms with E-state index in [9.17, 15) is 8.78 Å². The van der Waals surface area contributed by atoms with Crippen molar-refractivity contribution in [2.75, 3.05) is 6.54 Å². The first-order chi connectivity index (χ1) is 7.16. The molecule has 0 radical (unpaired) electrons. The molecule has 80 valence electrons. The van der Waals surface area contributed by atoms with Crippen LogP contribution in [0.15, 0.2) is 29.3 Å². The Morgan fingerprint density at radius 3 is 2.87 bits per heavy atom. The van der Waals surface area contributed by atoms with E-state index in [-0.39, 0.29) is 17.7 Å². The highest BCUT2D eigenvalue weighted by atomic mass is 19.3. The van der Waals surface area contributed by atoms with Gasteiger partial charge in [-0.3, -0.25) is 0 Å². The third kappa shape index (κ3) is 2.06. The van der Waals surface area contributed by atoms with Crippen LogP contribution in [0.25, 0.3) is 0 Å². The Morgan fingerprint density at radius 1 is 1.47 bits per heavy atom. The van der Waals surface area contributed by atoms with Crippen molar-refractivity contribution in [1.82, 2.24) is 0 Å².